The van der Waals surface area contributed by atoms with Gasteiger partial charge in [-0.2, -0.15) is 0 Å². The predicted octanol–water partition coefficient (Wildman–Crippen LogP) is 1.67. The standard InChI is InChI=1S/C17H29N5O.HI/c1-5-9-20-17(18-2)21-13-14-7-6-8-15(12-14)16(23)19-10-11-22(3)4;/h6-8,12H,5,9-11,13H2,1-4H3,(H,19,23)(H2,18,20,21);1H. The molecule has 1 rings (SSSR count). The molecule has 0 atom stereocenters. The number of rotatable bonds is 8. The average molecular weight is 447 g/mol. The molecule has 1 aromatic carbocycles. The van der Waals surface area contributed by atoms with Gasteiger partial charge in [-0.05, 0) is 38.2 Å². The fraction of sp³-hybridized carbons (Fsp3) is 0.529. The van der Waals surface area contributed by atoms with E-state index in [4.69, 9.17) is 0 Å². The second-order valence-electron chi connectivity index (χ2n) is 5.61. The Balaban J connectivity index is 0.00000529. The van der Waals surface area contributed by atoms with E-state index in [1.165, 1.54) is 0 Å². The van der Waals surface area contributed by atoms with Crippen molar-refractivity contribution in [3.05, 3.63) is 35.4 Å². The molecule has 1 amide bonds. The maximum atomic E-state index is 12.1. The van der Waals surface area contributed by atoms with Crippen LogP contribution in [0.25, 0.3) is 0 Å². The van der Waals surface area contributed by atoms with E-state index < -0.39 is 0 Å². The van der Waals surface area contributed by atoms with Crippen LogP contribution in [0.4, 0.5) is 0 Å². The van der Waals surface area contributed by atoms with Gasteiger partial charge in [-0.25, -0.2) is 0 Å². The normalized spacial score (nSPS) is 11.0. The molecule has 0 heterocycles. The van der Waals surface area contributed by atoms with Crippen molar-refractivity contribution in [1.82, 2.24) is 20.9 Å². The third-order valence-electron chi connectivity index (χ3n) is 3.26. The zero-order valence-electron chi connectivity index (χ0n) is 15.1. The maximum absolute atomic E-state index is 12.1. The van der Waals surface area contributed by atoms with Gasteiger partial charge in [-0.3, -0.25) is 9.79 Å². The number of nitrogens with zero attached hydrogens (tertiary/aromatic N) is 2. The Labute approximate surface area is 162 Å². The lowest BCUT2D eigenvalue weighted by atomic mass is 10.1. The highest BCUT2D eigenvalue weighted by atomic mass is 127. The number of hydrogen-bond acceptors (Lipinski definition) is 3. The molecule has 0 aliphatic heterocycles. The topological polar surface area (TPSA) is 68.8 Å². The fourth-order valence-electron chi connectivity index (χ4n) is 1.97. The van der Waals surface area contributed by atoms with E-state index in [0.717, 1.165) is 31.0 Å². The van der Waals surface area contributed by atoms with Crippen LogP contribution in [0.1, 0.15) is 29.3 Å². The summed E-state index contributed by atoms with van der Waals surface area (Å²) in [5.74, 6) is 0.731. The van der Waals surface area contributed by atoms with Gasteiger partial charge >= 0.3 is 0 Å². The van der Waals surface area contributed by atoms with Crippen LogP contribution in [-0.4, -0.2) is 57.5 Å². The number of benzene rings is 1. The average Bonchev–Trinajstić information content (AvgIpc) is 2.55. The Kier molecular flexibility index (Phi) is 12.3. The van der Waals surface area contributed by atoms with E-state index in [1.54, 1.807) is 7.05 Å². The van der Waals surface area contributed by atoms with Gasteiger partial charge in [-0.1, -0.05) is 19.1 Å². The fourth-order valence-corrected chi connectivity index (χ4v) is 1.97. The van der Waals surface area contributed by atoms with E-state index >= 15 is 0 Å². The highest BCUT2D eigenvalue weighted by Crippen LogP contribution is 2.05. The lowest BCUT2D eigenvalue weighted by Crippen LogP contribution is -2.37. The van der Waals surface area contributed by atoms with Gasteiger partial charge in [0.25, 0.3) is 5.91 Å². The Bertz CT molecular complexity index is 519. The summed E-state index contributed by atoms with van der Waals surface area (Å²) in [5, 5.41) is 9.39. The zero-order chi connectivity index (χ0) is 17.1. The van der Waals surface area contributed by atoms with E-state index in [1.807, 2.05) is 43.3 Å². The van der Waals surface area contributed by atoms with E-state index in [2.05, 4.69) is 27.9 Å². The second kappa shape index (κ2) is 13.0. The molecule has 24 heavy (non-hydrogen) atoms. The number of halogens is 1. The van der Waals surface area contributed by atoms with Crippen molar-refractivity contribution in [3.8, 4) is 0 Å². The molecule has 7 heteroatoms. The van der Waals surface area contributed by atoms with Crippen LogP contribution in [0.5, 0.6) is 0 Å². The first-order valence-corrected chi connectivity index (χ1v) is 8.03. The molecule has 0 aliphatic rings. The van der Waals surface area contributed by atoms with Gasteiger partial charge in [0, 0.05) is 38.8 Å². The summed E-state index contributed by atoms with van der Waals surface area (Å²) < 4.78 is 0. The van der Waals surface area contributed by atoms with Crippen LogP contribution in [0, 0.1) is 0 Å². The first-order valence-electron chi connectivity index (χ1n) is 8.03. The Morgan fingerprint density at radius 3 is 2.54 bits per heavy atom. The Morgan fingerprint density at radius 1 is 1.17 bits per heavy atom. The number of aliphatic imine (C=N–C) groups is 1. The summed E-state index contributed by atoms with van der Waals surface area (Å²) in [5.41, 5.74) is 1.73. The molecule has 0 fully saturated rings. The van der Waals surface area contributed by atoms with Crippen LogP contribution >= 0.6 is 24.0 Å². The molecular formula is C17H30IN5O. The number of carbonyl (C=O) groups is 1. The van der Waals surface area contributed by atoms with Crippen LogP contribution in [0.15, 0.2) is 29.3 Å². The second-order valence-corrected chi connectivity index (χ2v) is 5.61. The van der Waals surface area contributed by atoms with E-state index in [-0.39, 0.29) is 29.9 Å². The van der Waals surface area contributed by atoms with Crippen molar-refractivity contribution in [2.75, 3.05) is 40.8 Å². The summed E-state index contributed by atoms with van der Waals surface area (Å²) >= 11 is 0. The molecule has 1 aromatic rings. The van der Waals surface area contributed by atoms with Gasteiger partial charge < -0.3 is 20.9 Å². The predicted molar refractivity (Wildman–Crippen MR) is 111 cm³/mol. The van der Waals surface area contributed by atoms with E-state index in [9.17, 15) is 4.79 Å². The molecular weight excluding hydrogens is 417 g/mol. The molecule has 0 saturated heterocycles. The smallest absolute Gasteiger partial charge is 0.251 e. The number of amides is 1. The monoisotopic (exact) mass is 447 g/mol. The minimum absolute atomic E-state index is 0. The third kappa shape index (κ3) is 9.07. The molecule has 0 radical (unpaired) electrons. The van der Waals surface area contributed by atoms with E-state index in [0.29, 0.717) is 18.7 Å². The molecule has 136 valence electrons. The molecule has 0 aromatic heterocycles. The lowest BCUT2D eigenvalue weighted by molar-refractivity contribution is 0.0951. The summed E-state index contributed by atoms with van der Waals surface area (Å²) in [4.78, 5) is 18.3. The number of guanidine groups is 1. The van der Waals surface area contributed by atoms with Crippen molar-refractivity contribution < 1.29 is 4.79 Å². The Hall–Kier alpha value is -1.35. The summed E-state index contributed by atoms with van der Waals surface area (Å²) in [6.45, 7) is 5.09. The quantitative estimate of drug-likeness (QED) is 0.322. The van der Waals surface area contributed by atoms with Gasteiger partial charge in [0.2, 0.25) is 0 Å². The number of likely N-dealkylation sites (N-methyl/N-ethyl adjacent to an activating group) is 1. The first kappa shape index (κ1) is 22.6. The number of hydrogen-bond donors (Lipinski definition) is 3. The van der Waals surface area contributed by atoms with Crippen molar-refractivity contribution >= 4 is 35.8 Å². The highest BCUT2D eigenvalue weighted by Gasteiger charge is 2.06. The van der Waals surface area contributed by atoms with Crippen LogP contribution in [-0.2, 0) is 6.54 Å². The van der Waals surface area contributed by atoms with Gasteiger partial charge in [0.15, 0.2) is 5.96 Å². The van der Waals surface area contributed by atoms with Crippen molar-refractivity contribution in [2.45, 2.75) is 19.9 Å². The lowest BCUT2D eigenvalue weighted by Gasteiger charge is -2.12. The van der Waals surface area contributed by atoms with Crippen molar-refractivity contribution in [2.24, 2.45) is 4.99 Å². The molecule has 6 nitrogen and oxygen atoms in total. The largest absolute Gasteiger partial charge is 0.356 e. The van der Waals surface area contributed by atoms with Gasteiger partial charge in [-0.15, -0.1) is 24.0 Å². The SMILES string of the molecule is CCCNC(=NC)NCc1cccc(C(=O)NCCN(C)C)c1.I. The molecule has 3 N–H and O–H groups in total. The number of carbonyl (C=O) groups excluding carboxylic acids is 1. The molecule has 0 aliphatic carbocycles. The summed E-state index contributed by atoms with van der Waals surface area (Å²) in [6.07, 6.45) is 1.04. The highest BCUT2D eigenvalue weighted by molar-refractivity contribution is 14.0. The Morgan fingerprint density at radius 2 is 1.92 bits per heavy atom. The molecule has 0 saturated carbocycles. The zero-order valence-corrected chi connectivity index (χ0v) is 17.4. The minimum Gasteiger partial charge on any atom is -0.356 e. The van der Waals surface area contributed by atoms with Crippen LogP contribution in [0.2, 0.25) is 0 Å². The molecule has 0 spiro atoms. The summed E-state index contributed by atoms with van der Waals surface area (Å²) in [7, 11) is 5.72. The first-order chi connectivity index (χ1) is 11.1. The third-order valence-corrected chi connectivity index (χ3v) is 3.26. The molecule has 0 unspecified atom stereocenters. The van der Waals surface area contributed by atoms with Crippen molar-refractivity contribution in [1.29, 1.82) is 0 Å². The van der Waals surface area contributed by atoms with Gasteiger partial charge in [0.05, 0.1) is 0 Å². The van der Waals surface area contributed by atoms with Gasteiger partial charge in [0.1, 0.15) is 0 Å². The van der Waals surface area contributed by atoms with Crippen LogP contribution in [0.3, 0.4) is 0 Å². The van der Waals surface area contributed by atoms with Crippen molar-refractivity contribution in [3.63, 3.8) is 0 Å². The van der Waals surface area contributed by atoms with Crippen LogP contribution < -0.4 is 16.0 Å². The molecule has 0 bridgehead atoms. The minimum atomic E-state index is -0.0396. The summed E-state index contributed by atoms with van der Waals surface area (Å²) in [6, 6.07) is 7.64. The number of nitrogens with one attached hydrogen (secondary N) is 3. The maximum Gasteiger partial charge on any atom is 0.251 e.